The van der Waals surface area contributed by atoms with Crippen LogP contribution in [0.15, 0.2) is 0 Å². The number of rotatable bonds is 4. The molecule has 4 nitrogen and oxygen atoms in total. The summed E-state index contributed by atoms with van der Waals surface area (Å²) in [6, 6.07) is 0. The molecule has 1 aliphatic heterocycles. The van der Waals surface area contributed by atoms with Crippen molar-refractivity contribution in [2.45, 2.75) is 64.1 Å². The van der Waals surface area contributed by atoms with Crippen LogP contribution in [0.25, 0.3) is 0 Å². The lowest BCUT2D eigenvalue weighted by atomic mass is 10.1. The van der Waals surface area contributed by atoms with Gasteiger partial charge in [0.05, 0.1) is 6.10 Å². The summed E-state index contributed by atoms with van der Waals surface area (Å²) >= 11 is 0. The quantitative estimate of drug-likeness (QED) is 0.793. The van der Waals surface area contributed by atoms with Crippen LogP contribution < -0.4 is 5.73 Å². The first-order valence-electron chi connectivity index (χ1n) is 7.85. The van der Waals surface area contributed by atoms with E-state index in [-0.39, 0.29) is 18.1 Å². The van der Waals surface area contributed by atoms with Crippen molar-refractivity contribution in [3.63, 3.8) is 0 Å². The second-order valence-corrected chi connectivity index (χ2v) is 6.07. The molecular formula is C15H28N2O2. The van der Waals surface area contributed by atoms with Crippen LogP contribution in [0.2, 0.25) is 0 Å². The Labute approximate surface area is 116 Å². The number of ether oxygens (including phenoxy) is 1. The largest absolute Gasteiger partial charge is 0.365 e. The Balaban J connectivity index is 1.78. The van der Waals surface area contributed by atoms with Gasteiger partial charge in [-0.15, -0.1) is 0 Å². The van der Waals surface area contributed by atoms with Crippen molar-refractivity contribution in [1.82, 2.24) is 4.90 Å². The summed E-state index contributed by atoms with van der Waals surface area (Å²) in [6.45, 7) is 4.25. The fourth-order valence-corrected chi connectivity index (χ4v) is 3.21. The third-order valence-corrected chi connectivity index (χ3v) is 4.48. The molecule has 2 N–H and O–H groups in total. The molecule has 0 aromatic heterocycles. The van der Waals surface area contributed by atoms with Crippen LogP contribution in [-0.2, 0) is 9.53 Å². The number of nitrogens with zero attached hydrogens (tertiary/aromatic N) is 1. The van der Waals surface area contributed by atoms with E-state index in [0.29, 0.717) is 12.5 Å². The molecule has 19 heavy (non-hydrogen) atoms. The maximum Gasteiger partial charge on any atom is 0.251 e. The van der Waals surface area contributed by atoms with Crippen LogP contribution in [0.4, 0.5) is 0 Å². The molecule has 0 aromatic carbocycles. The van der Waals surface area contributed by atoms with Crippen molar-refractivity contribution in [2.75, 3.05) is 19.6 Å². The van der Waals surface area contributed by atoms with Gasteiger partial charge >= 0.3 is 0 Å². The summed E-state index contributed by atoms with van der Waals surface area (Å²) < 4.78 is 5.99. The number of nitrogens with two attached hydrogens (primary N) is 1. The minimum atomic E-state index is -0.292. The fourth-order valence-electron chi connectivity index (χ4n) is 3.21. The molecule has 110 valence electrons. The highest BCUT2D eigenvalue weighted by atomic mass is 16.5. The Hall–Kier alpha value is -0.610. The van der Waals surface area contributed by atoms with Gasteiger partial charge in [-0.25, -0.2) is 0 Å². The van der Waals surface area contributed by atoms with Crippen LogP contribution >= 0.6 is 0 Å². The molecular weight excluding hydrogens is 240 g/mol. The van der Waals surface area contributed by atoms with Gasteiger partial charge in [0.15, 0.2) is 0 Å². The van der Waals surface area contributed by atoms with Gasteiger partial charge in [0.1, 0.15) is 6.10 Å². The molecule has 2 unspecified atom stereocenters. The molecule has 0 aromatic rings. The molecule has 1 heterocycles. The Bertz CT molecular complexity index is 288. The van der Waals surface area contributed by atoms with E-state index in [1.54, 1.807) is 0 Å². The maximum absolute atomic E-state index is 12.3. The SMILES string of the molecule is CC(OC1CCCCCC1)C(=O)N1CCC(CN)C1. The van der Waals surface area contributed by atoms with Crippen molar-refractivity contribution in [3.8, 4) is 0 Å². The second-order valence-electron chi connectivity index (χ2n) is 6.07. The van der Waals surface area contributed by atoms with E-state index in [9.17, 15) is 4.79 Å². The first-order valence-corrected chi connectivity index (χ1v) is 7.85. The molecule has 4 heteroatoms. The number of amides is 1. The van der Waals surface area contributed by atoms with Gasteiger partial charge in [0.25, 0.3) is 5.91 Å². The van der Waals surface area contributed by atoms with Crippen LogP contribution in [0.1, 0.15) is 51.9 Å². The molecule has 1 saturated heterocycles. The molecule has 2 fully saturated rings. The van der Waals surface area contributed by atoms with Gasteiger partial charge < -0.3 is 15.4 Å². The minimum Gasteiger partial charge on any atom is -0.365 e. The molecule has 1 amide bonds. The van der Waals surface area contributed by atoms with Gasteiger partial charge in [0.2, 0.25) is 0 Å². The predicted octanol–water partition coefficient (Wildman–Crippen LogP) is 1.92. The molecule has 0 spiro atoms. The molecule has 1 saturated carbocycles. The summed E-state index contributed by atoms with van der Waals surface area (Å²) in [7, 11) is 0. The number of likely N-dealkylation sites (tertiary alicyclic amines) is 1. The summed E-state index contributed by atoms with van der Waals surface area (Å²) in [5.41, 5.74) is 5.67. The summed E-state index contributed by atoms with van der Waals surface area (Å²) in [5.74, 6) is 0.634. The zero-order chi connectivity index (χ0) is 13.7. The second kappa shape index (κ2) is 7.25. The average molecular weight is 268 g/mol. The van der Waals surface area contributed by atoms with E-state index in [2.05, 4.69) is 0 Å². The highest BCUT2D eigenvalue weighted by Gasteiger charge is 2.30. The van der Waals surface area contributed by atoms with E-state index < -0.39 is 0 Å². The van der Waals surface area contributed by atoms with E-state index >= 15 is 0 Å². The van der Waals surface area contributed by atoms with Gasteiger partial charge in [-0.3, -0.25) is 4.79 Å². The smallest absolute Gasteiger partial charge is 0.251 e. The normalized spacial score (nSPS) is 27.3. The van der Waals surface area contributed by atoms with Crippen molar-refractivity contribution >= 4 is 5.91 Å². The molecule has 1 aliphatic carbocycles. The highest BCUT2D eigenvalue weighted by molar-refractivity contribution is 5.80. The van der Waals surface area contributed by atoms with Gasteiger partial charge in [0, 0.05) is 13.1 Å². The van der Waals surface area contributed by atoms with E-state index in [4.69, 9.17) is 10.5 Å². The average Bonchev–Trinajstić information content (AvgIpc) is 2.76. The summed E-state index contributed by atoms with van der Waals surface area (Å²) in [5, 5.41) is 0. The van der Waals surface area contributed by atoms with Crippen molar-refractivity contribution in [2.24, 2.45) is 11.7 Å². The monoisotopic (exact) mass is 268 g/mol. The maximum atomic E-state index is 12.3. The van der Waals surface area contributed by atoms with Crippen molar-refractivity contribution in [3.05, 3.63) is 0 Å². The molecule has 2 aliphatic rings. The highest BCUT2D eigenvalue weighted by Crippen LogP contribution is 2.22. The van der Waals surface area contributed by atoms with Gasteiger partial charge in [-0.1, -0.05) is 25.7 Å². The summed E-state index contributed by atoms with van der Waals surface area (Å²) in [6.07, 6.45) is 8.37. The fraction of sp³-hybridized carbons (Fsp3) is 0.933. The van der Waals surface area contributed by atoms with Crippen LogP contribution in [0.5, 0.6) is 0 Å². The Morgan fingerprint density at radius 3 is 2.53 bits per heavy atom. The Morgan fingerprint density at radius 2 is 1.95 bits per heavy atom. The summed E-state index contributed by atoms with van der Waals surface area (Å²) in [4.78, 5) is 14.3. The van der Waals surface area contributed by atoms with Crippen LogP contribution in [0.3, 0.4) is 0 Å². The van der Waals surface area contributed by atoms with E-state index in [1.807, 2.05) is 11.8 Å². The van der Waals surface area contributed by atoms with Gasteiger partial charge in [-0.05, 0) is 38.6 Å². The topological polar surface area (TPSA) is 55.6 Å². The number of carbonyl (C=O) groups is 1. The molecule has 0 bridgehead atoms. The lowest BCUT2D eigenvalue weighted by Crippen LogP contribution is -2.39. The Kier molecular flexibility index (Phi) is 5.64. The Morgan fingerprint density at radius 1 is 1.26 bits per heavy atom. The molecule has 2 rings (SSSR count). The molecule has 2 atom stereocenters. The lowest BCUT2D eigenvalue weighted by Gasteiger charge is -2.25. The lowest BCUT2D eigenvalue weighted by molar-refractivity contribution is -0.145. The first kappa shape index (κ1) is 14.8. The zero-order valence-corrected chi connectivity index (χ0v) is 12.1. The third kappa shape index (κ3) is 4.18. The number of hydrogen-bond acceptors (Lipinski definition) is 3. The van der Waals surface area contributed by atoms with Crippen molar-refractivity contribution in [1.29, 1.82) is 0 Å². The number of hydrogen-bond donors (Lipinski definition) is 1. The van der Waals surface area contributed by atoms with E-state index in [1.165, 1.54) is 25.7 Å². The van der Waals surface area contributed by atoms with Crippen molar-refractivity contribution < 1.29 is 9.53 Å². The predicted molar refractivity (Wildman–Crippen MR) is 75.8 cm³/mol. The standard InChI is InChI=1S/C15H28N2O2/c1-12(19-14-6-4-2-3-5-7-14)15(18)17-9-8-13(10-16)11-17/h12-14H,2-11,16H2,1H3. The molecule has 0 radical (unpaired) electrons. The zero-order valence-electron chi connectivity index (χ0n) is 12.1. The number of carbonyl (C=O) groups excluding carboxylic acids is 1. The first-order chi connectivity index (χ1) is 9.20. The van der Waals surface area contributed by atoms with Crippen LogP contribution in [0, 0.1) is 5.92 Å². The minimum absolute atomic E-state index is 0.153. The van der Waals surface area contributed by atoms with Crippen LogP contribution in [-0.4, -0.2) is 42.6 Å². The third-order valence-electron chi connectivity index (χ3n) is 4.48. The van der Waals surface area contributed by atoms with Gasteiger partial charge in [-0.2, -0.15) is 0 Å². The van der Waals surface area contributed by atoms with E-state index in [0.717, 1.165) is 32.4 Å².